The molecule has 0 atom stereocenters. The third kappa shape index (κ3) is 1.85. The molecule has 0 unspecified atom stereocenters. The van der Waals surface area contributed by atoms with Gasteiger partial charge in [-0.05, 0) is 36.6 Å². The maximum Gasteiger partial charge on any atom is 0.410 e. The number of carbonyl (C=O) groups is 1. The zero-order valence-corrected chi connectivity index (χ0v) is 10.3. The first-order valence-electron chi connectivity index (χ1n) is 6.11. The molecule has 1 aromatic carbocycles. The maximum atomic E-state index is 11.7. The van der Waals surface area contributed by atoms with Gasteiger partial charge in [0.25, 0.3) is 0 Å². The van der Waals surface area contributed by atoms with Crippen molar-refractivity contribution in [3.8, 4) is 11.5 Å². The number of rotatable bonds is 1. The second kappa shape index (κ2) is 4.40. The normalized spacial score (nSPS) is 16.4. The predicted octanol–water partition coefficient (Wildman–Crippen LogP) is 1.93. The zero-order chi connectivity index (χ0) is 12.5. The van der Waals surface area contributed by atoms with Gasteiger partial charge in [-0.15, -0.1) is 0 Å². The Hall–Kier alpha value is -1.91. The van der Waals surface area contributed by atoms with E-state index in [0.29, 0.717) is 19.7 Å². The van der Waals surface area contributed by atoms with E-state index in [0.717, 1.165) is 23.5 Å². The Balaban J connectivity index is 1.82. The number of benzene rings is 1. The largest absolute Gasteiger partial charge is 0.454 e. The van der Waals surface area contributed by atoms with Gasteiger partial charge in [-0.3, -0.25) is 0 Å². The third-order valence-electron chi connectivity index (χ3n) is 3.23. The standard InChI is InChI=1S/C13H15NO4/c1-2-16-13(15)14-4-3-9-5-11-12(18-8-17-11)6-10(9)7-14/h5-6H,2-4,7-8H2,1H3. The van der Waals surface area contributed by atoms with Crippen molar-refractivity contribution >= 4 is 6.09 Å². The molecule has 1 aromatic rings. The fraction of sp³-hybridized carbons (Fsp3) is 0.462. The lowest BCUT2D eigenvalue weighted by Gasteiger charge is -2.28. The van der Waals surface area contributed by atoms with Crippen molar-refractivity contribution in [3.63, 3.8) is 0 Å². The molecule has 2 aliphatic rings. The fourth-order valence-electron chi connectivity index (χ4n) is 2.32. The van der Waals surface area contributed by atoms with Gasteiger partial charge in [0.05, 0.1) is 6.61 Å². The second-order valence-electron chi connectivity index (χ2n) is 4.34. The first-order valence-corrected chi connectivity index (χ1v) is 6.11. The van der Waals surface area contributed by atoms with Gasteiger partial charge in [0, 0.05) is 13.1 Å². The summed E-state index contributed by atoms with van der Waals surface area (Å²) < 4.78 is 15.7. The molecule has 2 heterocycles. The summed E-state index contributed by atoms with van der Waals surface area (Å²) in [4.78, 5) is 13.4. The molecule has 0 saturated heterocycles. The summed E-state index contributed by atoms with van der Waals surface area (Å²) in [6.45, 7) is 3.76. The van der Waals surface area contributed by atoms with E-state index in [1.165, 1.54) is 5.56 Å². The van der Waals surface area contributed by atoms with Gasteiger partial charge < -0.3 is 19.1 Å². The topological polar surface area (TPSA) is 48.0 Å². The molecule has 0 aliphatic carbocycles. The summed E-state index contributed by atoms with van der Waals surface area (Å²) in [5.74, 6) is 1.57. The van der Waals surface area contributed by atoms with Crippen molar-refractivity contribution in [1.82, 2.24) is 4.90 Å². The highest BCUT2D eigenvalue weighted by molar-refractivity contribution is 5.68. The Morgan fingerprint density at radius 3 is 2.78 bits per heavy atom. The van der Waals surface area contributed by atoms with E-state index in [1.54, 1.807) is 4.90 Å². The second-order valence-corrected chi connectivity index (χ2v) is 4.34. The number of nitrogens with zero attached hydrogens (tertiary/aromatic N) is 1. The summed E-state index contributed by atoms with van der Waals surface area (Å²) in [5.41, 5.74) is 2.33. The number of amides is 1. The van der Waals surface area contributed by atoms with Crippen LogP contribution < -0.4 is 9.47 Å². The molecule has 0 spiro atoms. The smallest absolute Gasteiger partial charge is 0.410 e. The molecule has 2 aliphatic heterocycles. The first-order chi connectivity index (χ1) is 8.78. The molecule has 0 saturated carbocycles. The van der Waals surface area contributed by atoms with Gasteiger partial charge in [0.15, 0.2) is 11.5 Å². The molecule has 0 bridgehead atoms. The minimum absolute atomic E-state index is 0.249. The monoisotopic (exact) mass is 249 g/mol. The highest BCUT2D eigenvalue weighted by Crippen LogP contribution is 2.36. The van der Waals surface area contributed by atoms with E-state index in [4.69, 9.17) is 14.2 Å². The summed E-state index contributed by atoms with van der Waals surface area (Å²) in [6, 6.07) is 3.98. The Kier molecular flexibility index (Phi) is 2.74. The number of hydrogen-bond acceptors (Lipinski definition) is 4. The van der Waals surface area contributed by atoms with Gasteiger partial charge >= 0.3 is 6.09 Å². The first kappa shape index (κ1) is 11.2. The summed E-state index contributed by atoms with van der Waals surface area (Å²) >= 11 is 0. The molecular weight excluding hydrogens is 234 g/mol. The van der Waals surface area contributed by atoms with Crippen LogP contribution in [-0.2, 0) is 17.7 Å². The van der Waals surface area contributed by atoms with Crippen LogP contribution in [0.3, 0.4) is 0 Å². The minimum atomic E-state index is -0.249. The van der Waals surface area contributed by atoms with Crippen molar-refractivity contribution in [2.24, 2.45) is 0 Å². The minimum Gasteiger partial charge on any atom is -0.454 e. The van der Waals surface area contributed by atoms with E-state index in [1.807, 2.05) is 19.1 Å². The van der Waals surface area contributed by atoms with Crippen molar-refractivity contribution in [3.05, 3.63) is 23.3 Å². The van der Waals surface area contributed by atoms with Crippen molar-refractivity contribution in [2.45, 2.75) is 19.9 Å². The van der Waals surface area contributed by atoms with Crippen LogP contribution in [0.2, 0.25) is 0 Å². The van der Waals surface area contributed by atoms with E-state index < -0.39 is 0 Å². The summed E-state index contributed by atoms with van der Waals surface area (Å²) in [7, 11) is 0. The van der Waals surface area contributed by atoms with E-state index in [2.05, 4.69) is 0 Å². The van der Waals surface area contributed by atoms with Crippen LogP contribution in [0.5, 0.6) is 11.5 Å². The van der Waals surface area contributed by atoms with Crippen molar-refractivity contribution < 1.29 is 19.0 Å². The molecule has 96 valence electrons. The molecule has 5 nitrogen and oxygen atoms in total. The van der Waals surface area contributed by atoms with Gasteiger partial charge in [-0.2, -0.15) is 0 Å². The SMILES string of the molecule is CCOC(=O)N1CCc2cc3c(cc2C1)OCO3. The number of carbonyl (C=O) groups excluding carboxylic acids is 1. The summed E-state index contributed by atoms with van der Waals surface area (Å²) in [6.07, 6.45) is 0.575. The van der Waals surface area contributed by atoms with Gasteiger partial charge in [0.2, 0.25) is 6.79 Å². The van der Waals surface area contributed by atoms with Crippen LogP contribution in [0.15, 0.2) is 12.1 Å². The van der Waals surface area contributed by atoms with Crippen LogP contribution in [0.1, 0.15) is 18.1 Å². The van der Waals surface area contributed by atoms with Crippen LogP contribution in [0.4, 0.5) is 4.79 Å². The predicted molar refractivity (Wildman–Crippen MR) is 63.7 cm³/mol. The fourth-order valence-corrected chi connectivity index (χ4v) is 2.32. The number of hydrogen-bond donors (Lipinski definition) is 0. The van der Waals surface area contributed by atoms with Crippen molar-refractivity contribution in [1.29, 1.82) is 0 Å². The summed E-state index contributed by atoms with van der Waals surface area (Å²) in [5, 5.41) is 0. The van der Waals surface area contributed by atoms with Crippen LogP contribution >= 0.6 is 0 Å². The van der Waals surface area contributed by atoms with Crippen LogP contribution in [0, 0.1) is 0 Å². The lowest BCUT2D eigenvalue weighted by molar-refractivity contribution is 0.102. The molecule has 5 heteroatoms. The molecule has 0 radical (unpaired) electrons. The molecule has 0 N–H and O–H groups in total. The highest BCUT2D eigenvalue weighted by atomic mass is 16.7. The Morgan fingerprint density at radius 1 is 1.33 bits per heavy atom. The lowest BCUT2D eigenvalue weighted by Crippen LogP contribution is -2.36. The molecule has 18 heavy (non-hydrogen) atoms. The molecule has 0 fully saturated rings. The van der Waals surface area contributed by atoms with Crippen molar-refractivity contribution in [2.75, 3.05) is 19.9 Å². The number of ether oxygens (including phenoxy) is 3. The average Bonchev–Trinajstić information content (AvgIpc) is 2.82. The molecule has 0 aromatic heterocycles. The zero-order valence-electron chi connectivity index (χ0n) is 10.3. The van der Waals surface area contributed by atoms with Gasteiger partial charge in [-0.25, -0.2) is 4.79 Å². The third-order valence-corrected chi connectivity index (χ3v) is 3.23. The Bertz CT molecular complexity index is 486. The van der Waals surface area contributed by atoms with Gasteiger partial charge in [-0.1, -0.05) is 0 Å². The van der Waals surface area contributed by atoms with E-state index >= 15 is 0 Å². The van der Waals surface area contributed by atoms with E-state index in [9.17, 15) is 4.79 Å². The van der Waals surface area contributed by atoms with Crippen LogP contribution in [-0.4, -0.2) is 30.9 Å². The highest BCUT2D eigenvalue weighted by Gasteiger charge is 2.25. The average molecular weight is 249 g/mol. The van der Waals surface area contributed by atoms with Crippen LogP contribution in [0.25, 0.3) is 0 Å². The quantitative estimate of drug-likeness (QED) is 0.763. The molecule has 1 amide bonds. The molecular formula is C13H15NO4. The Morgan fingerprint density at radius 2 is 2.06 bits per heavy atom. The lowest BCUT2D eigenvalue weighted by atomic mass is 9.99. The Labute approximate surface area is 105 Å². The maximum absolute atomic E-state index is 11.7. The number of fused-ring (bicyclic) bond motifs is 2. The van der Waals surface area contributed by atoms with E-state index in [-0.39, 0.29) is 12.9 Å². The van der Waals surface area contributed by atoms with Gasteiger partial charge in [0.1, 0.15) is 0 Å². The molecule has 3 rings (SSSR count).